The van der Waals surface area contributed by atoms with Gasteiger partial charge in [0.1, 0.15) is 6.42 Å². The van der Waals surface area contributed by atoms with E-state index >= 15 is 0 Å². The first kappa shape index (κ1) is 17.2. The average molecular weight is 290 g/mol. The van der Waals surface area contributed by atoms with Gasteiger partial charge in [0.25, 0.3) is 0 Å². The predicted molar refractivity (Wildman–Crippen MR) is 86.3 cm³/mol. The molecule has 116 valence electrons. The molecule has 0 saturated heterocycles. The van der Waals surface area contributed by atoms with E-state index in [-0.39, 0.29) is 18.2 Å². The lowest BCUT2D eigenvalue weighted by Crippen LogP contribution is -2.35. The zero-order chi connectivity index (χ0) is 15.8. The quantitative estimate of drug-likeness (QED) is 0.783. The molecule has 4 heteroatoms. The van der Waals surface area contributed by atoms with E-state index in [1.54, 1.807) is 4.90 Å². The molecule has 0 saturated carbocycles. The van der Waals surface area contributed by atoms with E-state index in [0.717, 1.165) is 29.7 Å². The molecule has 0 aromatic heterocycles. The average Bonchev–Trinajstić information content (AvgIpc) is 2.42. The number of anilines is 1. The first-order chi connectivity index (χ1) is 9.99. The van der Waals surface area contributed by atoms with Crippen LogP contribution < -0.4 is 5.32 Å². The number of hydrogen-bond acceptors (Lipinski definition) is 2. The fourth-order valence-corrected chi connectivity index (χ4v) is 2.35. The van der Waals surface area contributed by atoms with Gasteiger partial charge in [-0.2, -0.15) is 0 Å². The van der Waals surface area contributed by atoms with Crippen molar-refractivity contribution < 1.29 is 9.59 Å². The standard InChI is InChI=1S/C17H26N2O2/c1-5-10-19(11-6-2)16(21)12-15(20)18-17-13(3)8-7-9-14(17)4/h7-9H,5-6,10-12H2,1-4H3,(H,18,20). The highest BCUT2D eigenvalue weighted by Gasteiger charge is 2.17. The van der Waals surface area contributed by atoms with E-state index in [0.29, 0.717) is 13.1 Å². The zero-order valence-corrected chi connectivity index (χ0v) is 13.5. The Morgan fingerprint density at radius 2 is 1.57 bits per heavy atom. The maximum atomic E-state index is 12.2. The smallest absolute Gasteiger partial charge is 0.233 e. The maximum Gasteiger partial charge on any atom is 0.233 e. The molecule has 0 aliphatic heterocycles. The summed E-state index contributed by atoms with van der Waals surface area (Å²) in [5, 5.41) is 2.86. The van der Waals surface area contributed by atoms with Crippen LogP contribution in [0.1, 0.15) is 44.2 Å². The first-order valence-corrected chi connectivity index (χ1v) is 7.63. The molecule has 0 heterocycles. The topological polar surface area (TPSA) is 49.4 Å². The monoisotopic (exact) mass is 290 g/mol. The van der Waals surface area contributed by atoms with Gasteiger partial charge in [-0.1, -0.05) is 32.0 Å². The van der Waals surface area contributed by atoms with E-state index in [2.05, 4.69) is 5.32 Å². The van der Waals surface area contributed by atoms with Gasteiger partial charge in [0.2, 0.25) is 11.8 Å². The summed E-state index contributed by atoms with van der Waals surface area (Å²) in [4.78, 5) is 26.0. The number of rotatable bonds is 7. The van der Waals surface area contributed by atoms with Gasteiger partial charge in [-0.3, -0.25) is 9.59 Å². The van der Waals surface area contributed by atoms with Gasteiger partial charge < -0.3 is 10.2 Å². The molecule has 0 aliphatic rings. The summed E-state index contributed by atoms with van der Waals surface area (Å²) in [6, 6.07) is 5.85. The molecular weight excluding hydrogens is 264 g/mol. The highest BCUT2D eigenvalue weighted by Crippen LogP contribution is 2.19. The van der Waals surface area contributed by atoms with Gasteiger partial charge in [-0.25, -0.2) is 0 Å². The fraction of sp³-hybridized carbons (Fsp3) is 0.529. The van der Waals surface area contributed by atoms with Crippen molar-refractivity contribution >= 4 is 17.5 Å². The number of hydrogen-bond donors (Lipinski definition) is 1. The Bertz CT molecular complexity index is 471. The highest BCUT2D eigenvalue weighted by molar-refractivity contribution is 6.04. The van der Waals surface area contributed by atoms with Crippen LogP contribution >= 0.6 is 0 Å². The third kappa shape index (κ3) is 5.21. The summed E-state index contributed by atoms with van der Waals surface area (Å²) >= 11 is 0. The lowest BCUT2D eigenvalue weighted by molar-refractivity contribution is -0.134. The van der Waals surface area contributed by atoms with E-state index < -0.39 is 0 Å². The lowest BCUT2D eigenvalue weighted by atomic mass is 10.1. The lowest BCUT2D eigenvalue weighted by Gasteiger charge is -2.21. The Morgan fingerprint density at radius 1 is 1.05 bits per heavy atom. The van der Waals surface area contributed by atoms with Gasteiger partial charge in [-0.05, 0) is 37.8 Å². The number of nitrogens with zero attached hydrogens (tertiary/aromatic N) is 1. The molecule has 1 rings (SSSR count). The maximum absolute atomic E-state index is 12.2. The predicted octanol–water partition coefficient (Wildman–Crippen LogP) is 3.28. The van der Waals surface area contributed by atoms with Crippen LogP contribution in [0.25, 0.3) is 0 Å². The van der Waals surface area contributed by atoms with E-state index in [1.165, 1.54) is 0 Å². The van der Waals surface area contributed by atoms with Crippen molar-refractivity contribution in [1.29, 1.82) is 0 Å². The number of amides is 2. The summed E-state index contributed by atoms with van der Waals surface area (Å²) in [5.74, 6) is -0.336. The SMILES string of the molecule is CCCN(CCC)C(=O)CC(=O)Nc1c(C)cccc1C. The van der Waals surface area contributed by atoms with Crippen LogP contribution in [0.15, 0.2) is 18.2 Å². The van der Waals surface area contributed by atoms with Crippen molar-refractivity contribution in [2.24, 2.45) is 0 Å². The minimum Gasteiger partial charge on any atom is -0.342 e. The molecule has 0 unspecified atom stereocenters. The van der Waals surface area contributed by atoms with Crippen LogP contribution in [0.2, 0.25) is 0 Å². The first-order valence-electron chi connectivity index (χ1n) is 7.63. The van der Waals surface area contributed by atoms with Crippen LogP contribution in [0.5, 0.6) is 0 Å². The molecule has 0 aliphatic carbocycles. The minimum absolute atomic E-state index is 0.0895. The molecular formula is C17H26N2O2. The molecule has 0 bridgehead atoms. The summed E-state index contributed by atoms with van der Waals surface area (Å²) in [5.41, 5.74) is 2.83. The molecule has 0 atom stereocenters. The molecule has 0 radical (unpaired) electrons. The van der Waals surface area contributed by atoms with Crippen molar-refractivity contribution in [2.45, 2.75) is 47.0 Å². The second-order valence-corrected chi connectivity index (χ2v) is 5.37. The van der Waals surface area contributed by atoms with Crippen LogP contribution in [-0.4, -0.2) is 29.8 Å². The molecule has 0 spiro atoms. The number of aryl methyl sites for hydroxylation is 2. The molecule has 1 aromatic carbocycles. The van der Waals surface area contributed by atoms with Crippen LogP contribution in [0.3, 0.4) is 0 Å². The van der Waals surface area contributed by atoms with Crippen LogP contribution in [0.4, 0.5) is 5.69 Å². The largest absolute Gasteiger partial charge is 0.342 e. The third-order valence-corrected chi connectivity index (χ3v) is 3.40. The molecule has 21 heavy (non-hydrogen) atoms. The van der Waals surface area contributed by atoms with Gasteiger partial charge in [-0.15, -0.1) is 0 Å². The molecule has 1 aromatic rings. The van der Waals surface area contributed by atoms with E-state index in [1.807, 2.05) is 45.9 Å². The van der Waals surface area contributed by atoms with E-state index in [4.69, 9.17) is 0 Å². The van der Waals surface area contributed by atoms with Gasteiger partial charge >= 0.3 is 0 Å². The Balaban J connectivity index is 2.66. The Kier molecular flexibility index (Phi) is 6.92. The third-order valence-electron chi connectivity index (χ3n) is 3.40. The second kappa shape index (κ2) is 8.45. The normalized spacial score (nSPS) is 10.3. The summed E-state index contributed by atoms with van der Waals surface area (Å²) in [6.07, 6.45) is 1.72. The fourth-order valence-electron chi connectivity index (χ4n) is 2.35. The van der Waals surface area contributed by atoms with Gasteiger partial charge in [0.15, 0.2) is 0 Å². The van der Waals surface area contributed by atoms with Crippen molar-refractivity contribution in [3.8, 4) is 0 Å². The second-order valence-electron chi connectivity index (χ2n) is 5.37. The molecule has 2 amide bonds. The Hall–Kier alpha value is -1.84. The molecule has 4 nitrogen and oxygen atoms in total. The summed E-state index contributed by atoms with van der Waals surface area (Å²) in [7, 11) is 0. The Morgan fingerprint density at radius 3 is 2.05 bits per heavy atom. The zero-order valence-electron chi connectivity index (χ0n) is 13.5. The van der Waals surface area contributed by atoms with Crippen molar-refractivity contribution in [3.63, 3.8) is 0 Å². The summed E-state index contributed by atoms with van der Waals surface area (Å²) in [6.45, 7) is 9.39. The van der Waals surface area contributed by atoms with Crippen LogP contribution in [-0.2, 0) is 9.59 Å². The summed E-state index contributed by atoms with van der Waals surface area (Å²) < 4.78 is 0. The number of benzene rings is 1. The van der Waals surface area contributed by atoms with Gasteiger partial charge in [0.05, 0.1) is 0 Å². The van der Waals surface area contributed by atoms with E-state index in [9.17, 15) is 9.59 Å². The Labute approximate surface area is 127 Å². The molecule has 0 fully saturated rings. The number of nitrogens with one attached hydrogen (secondary N) is 1. The van der Waals surface area contributed by atoms with Crippen molar-refractivity contribution in [2.75, 3.05) is 18.4 Å². The van der Waals surface area contributed by atoms with Gasteiger partial charge in [0, 0.05) is 18.8 Å². The number of carbonyl (C=O) groups excluding carboxylic acids is 2. The van der Waals surface area contributed by atoms with Crippen LogP contribution in [0, 0.1) is 13.8 Å². The number of carbonyl (C=O) groups is 2. The van der Waals surface area contributed by atoms with Crippen molar-refractivity contribution in [3.05, 3.63) is 29.3 Å². The van der Waals surface area contributed by atoms with Crippen molar-refractivity contribution in [1.82, 2.24) is 4.90 Å². The highest BCUT2D eigenvalue weighted by atomic mass is 16.2. The number of para-hydroxylation sites is 1. The molecule has 1 N–H and O–H groups in total. The minimum atomic E-state index is -0.241.